The Labute approximate surface area is 85.5 Å². The van der Waals surface area contributed by atoms with Crippen LogP contribution in [0.1, 0.15) is 24.5 Å². The lowest BCUT2D eigenvalue weighted by Gasteiger charge is -2.03. The Morgan fingerprint density at radius 1 is 1.13 bits per heavy atom. The van der Waals surface area contributed by atoms with Crippen LogP contribution in [0.4, 0.5) is 11.9 Å². The molecule has 8 nitrogen and oxygen atoms in total. The first-order chi connectivity index (χ1) is 7.15. The van der Waals surface area contributed by atoms with Crippen molar-refractivity contribution >= 4 is 11.9 Å². The van der Waals surface area contributed by atoms with Crippen molar-refractivity contribution in [2.75, 3.05) is 11.5 Å². The molecule has 0 aromatic carbocycles. The molecule has 8 heteroatoms. The number of aromatic nitrogens is 6. The lowest BCUT2D eigenvalue weighted by atomic mass is 10.1. The molecule has 0 spiro atoms. The number of aromatic amines is 2. The minimum atomic E-state index is 0.127. The van der Waals surface area contributed by atoms with Gasteiger partial charge in [0.1, 0.15) is 11.6 Å². The number of nitrogen functional groups attached to an aromatic ring is 2. The standard InChI is InChI=1S/C7H12N8/c1-3(5-11-7(9)15-13-5)2-4-10-6(8)14-12-4/h3H,2H2,1H3,(H3,8,10,12,14)(H3,9,11,13,15). The summed E-state index contributed by atoms with van der Waals surface area (Å²) in [6, 6.07) is 0. The van der Waals surface area contributed by atoms with Gasteiger partial charge in [0.25, 0.3) is 0 Å². The topological polar surface area (TPSA) is 135 Å². The highest BCUT2D eigenvalue weighted by molar-refractivity contribution is 5.16. The summed E-state index contributed by atoms with van der Waals surface area (Å²) >= 11 is 0. The number of anilines is 2. The van der Waals surface area contributed by atoms with Gasteiger partial charge in [0, 0.05) is 12.3 Å². The highest BCUT2D eigenvalue weighted by Crippen LogP contribution is 2.15. The molecule has 0 bridgehead atoms. The van der Waals surface area contributed by atoms with Crippen molar-refractivity contribution in [2.24, 2.45) is 0 Å². The molecule has 0 radical (unpaired) electrons. The Hall–Kier alpha value is -2.12. The van der Waals surface area contributed by atoms with Crippen LogP contribution in [0.3, 0.4) is 0 Å². The van der Waals surface area contributed by atoms with Crippen LogP contribution in [0.5, 0.6) is 0 Å². The van der Waals surface area contributed by atoms with E-state index in [0.717, 1.165) is 11.6 Å². The molecule has 0 aliphatic heterocycles. The molecule has 6 N–H and O–H groups in total. The van der Waals surface area contributed by atoms with Crippen LogP contribution >= 0.6 is 0 Å². The Bertz CT molecular complexity index is 443. The van der Waals surface area contributed by atoms with E-state index in [9.17, 15) is 0 Å². The first-order valence-electron chi connectivity index (χ1n) is 4.49. The smallest absolute Gasteiger partial charge is 0.239 e. The summed E-state index contributed by atoms with van der Waals surface area (Å²) in [6.45, 7) is 1.98. The van der Waals surface area contributed by atoms with Crippen LogP contribution in [0.25, 0.3) is 0 Å². The SMILES string of the molecule is CC(Cc1nc(N)n[nH]1)c1nc(N)n[nH]1. The highest BCUT2D eigenvalue weighted by Gasteiger charge is 2.13. The second kappa shape index (κ2) is 3.56. The van der Waals surface area contributed by atoms with E-state index in [1.54, 1.807) is 0 Å². The van der Waals surface area contributed by atoms with E-state index in [0.29, 0.717) is 6.42 Å². The number of rotatable bonds is 3. The summed E-state index contributed by atoms with van der Waals surface area (Å²) in [6.07, 6.45) is 0.652. The fourth-order valence-electron chi connectivity index (χ4n) is 1.30. The number of hydrogen-bond donors (Lipinski definition) is 4. The van der Waals surface area contributed by atoms with Gasteiger partial charge in [-0.15, -0.1) is 10.2 Å². The molecule has 1 unspecified atom stereocenters. The molecule has 2 aromatic heterocycles. The largest absolute Gasteiger partial charge is 0.367 e. The number of H-pyrrole nitrogens is 2. The van der Waals surface area contributed by atoms with Gasteiger partial charge in [0.15, 0.2) is 0 Å². The zero-order valence-electron chi connectivity index (χ0n) is 8.23. The van der Waals surface area contributed by atoms with Gasteiger partial charge >= 0.3 is 0 Å². The third-order valence-corrected chi connectivity index (χ3v) is 2.04. The maximum atomic E-state index is 5.40. The van der Waals surface area contributed by atoms with E-state index in [1.165, 1.54) is 0 Å². The van der Waals surface area contributed by atoms with Crippen molar-refractivity contribution in [3.8, 4) is 0 Å². The molecule has 1 atom stereocenters. The number of hydrogen-bond acceptors (Lipinski definition) is 6. The summed E-state index contributed by atoms with van der Waals surface area (Å²) in [5, 5.41) is 13.0. The Morgan fingerprint density at radius 3 is 2.33 bits per heavy atom. The lowest BCUT2D eigenvalue weighted by Crippen LogP contribution is -2.02. The molecule has 0 saturated heterocycles. The zero-order valence-corrected chi connectivity index (χ0v) is 8.23. The molecule has 0 aliphatic rings. The zero-order chi connectivity index (χ0) is 10.8. The highest BCUT2D eigenvalue weighted by atomic mass is 15.3. The van der Waals surface area contributed by atoms with Gasteiger partial charge in [-0.25, -0.2) is 0 Å². The van der Waals surface area contributed by atoms with E-state index >= 15 is 0 Å². The number of nitrogens with two attached hydrogens (primary N) is 2. The summed E-state index contributed by atoms with van der Waals surface area (Å²) in [5.74, 6) is 2.06. The Kier molecular flexibility index (Phi) is 2.24. The van der Waals surface area contributed by atoms with Crippen molar-refractivity contribution in [2.45, 2.75) is 19.3 Å². The second-order valence-corrected chi connectivity index (χ2v) is 3.32. The quantitative estimate of drug-likeness (QED) is 0.533. The Balaban J connectivity index is 2.06. The van der Waals surface area contributed by atoms with Gasteiger partial charge in [-0.1, -0.05) is 6.92 Å². The molecule has 80 valence electrons. The van der Waals surface area contributed by atoms with Crippen molar-refractivity contribution in [3.05, 3.63) is 11.6 Å². The first kappa shape index (κ1) is 9.44. The molecule has 15 heavy (non-hydrogen) atoms. The third-order valence-electron chi connectivity index (χ3n) is 2.04. The molecule has 0 amide bonds. The minimum Gasteiger partial charge on any atom is -0.367 e. The van der Waals surface area contributed by atoms with Gasteiger partial charge in [-0.2, -0.15) is 9.97 Å². The molecular formula is C7H12N8. The normalized spacial score (nSPS) is 12.9. The van der Waals surface area contributed by atoms with Gasteiger partial charge < -0.3 is 11.5 Å². The third kappa shape index (κ3) is 2.03. The van der Waals surface area contributed by atoms with E-state index in [-0.39, 0.29) is 17.8 Å². The average molecular weight is 208 g/mol. The summed E-state index contributed by atoms with van der Waals surface area (Å²) in [5.41, 5.74) is 10.8. The van der Waals surface area contributed by atoms with Crippen LogP contribution in [0, 0.1) is 0 Å². The molecule has 2 heterocycles. The molecule has 0 fully saturated rings. The summed E-state index contributed by atoms with van der Waals surface area (Å²) < 4.78 is 0. The van der Waals surface area contributed by atoms with Crippen molar-refractivity contribution in [1.29, 1.82) is 0 Å². The van der Waals surface area contributed by atoms with Gasteiger partial charge in [-0.3, -0.25) is 10.2 Å². The van der Waals surface area contributed by atoms with Gasteiger partial charge in [0.05, 0.1) is 0 Å². The lowest BCUT2D eigenvalue weighted by molar-refractivity contribution is 0.676. The Morgan fingerprint density at radius 2 is 1.80 bits per heavy atom. The van der Waals surface area contributed by atoms with Crippen molar-refractivity contribution in [1.82, 2.24) is 30.4 Å². The maximum Gasteiger partial charge on any atom is 0.239 e. The molecule has 0 saturated carbocycles. The van der Waals surface area contributed by atoms with Crippen LogP contribution in [0.2, 0.25) is 0 Å². The number of nitrogens with zero attached hydrogens (tertiary/aromatic N) is 4. The molecule has 2 aromatic rings. The number of nitrogens with one attached hydrogen (secondary N) is 2. The van der Waals surface area contributed by atoms with E-state index < -0.39 is 0 Å². The predicted octanol–water partition coefficient (Wildman–Crippen LogP) is -0.567. The molecular weight excluding hydrogens is 196 g/mol. The van der Waals surface area contributed by atoms with Crippen LogP contribution in [-0.4, -0.2) is 30.4 Å². The van der Waals surface area contributed by atoms with Crippen LogP contribution < -0.4 is 11.5 Å². The first-order valence-corrected chi connectivity index (χ1v) is 4.49. The maximum absolute atomic E-state index is 5.40. The summed E-state index contributed by atoms with van der Waals surface area (Å²) in [7, 11) is 0. The van der Waals surface area contributed by atoms with Crippen LogP contribution in [-0.2, 0) is 6.42 Å². The minimum absolute atomic E-state index is 0.127. The van der Waals surface area contributed by atoms with Crippen molar-refractivity contribution < 1.29 is 0 Å². The molecule has 0 aliphatic carbocycles. The van der Waals surface area contributed by atoms with E-state index in [4.69, 9.17) is 11.5 Å². The average Bonchev–Trinajstić information content (AvgIpc) is 2.75. The monoisotopic (exact) mass is 208 g/mol. The van der Waals surface area contributed by atoms with Crippen LogP contribution in [0.15, 0.2) is 0 Å². The van der Waals surface area contributed by atoms with Gasteiger partial charge in [-0.05, 0) is 0 Å². The fraction of sp³-hybridized carbons (Fsp3) is 0.429. The summed E-state index contributed by atoms with van der Waals surface area (Å²) in [4.78, 5) is 8.03. The van der Waals surface area contributed by atoms with E-state index in [1.807, 2.05) is 6.92 Å². The second-order valence-electron chi connectivity index (χ2n) is 3.32. The molecule has 2 rings (SSSR count). The van der Waals surface area contributed by atoms with Crippen molar-refractivity contribution in [3.63, 3.8) is 0 Å². The fourth-order valence-corrected chi connectivity index (χ4v) is 1.30. The van der Waals surface area contributed by atoms with Gasteiger partial charge in [0.2, 0.25) is 11.9 Å². The van der Waals surface area contributed by atoms with E-state index in [2.05, 4.69) is 30.4 Å². The predicted molar refractivity (Wildman–Crippen MR) is 53.7 cm³/mol.